The van der Waals surface area contributed by atoms with Gasteiger partial charge in [-0.05, 0) is 31.8 Å². The molecule has 0 aromatic heterocycles. The van der Waals surface area contributed by atoms with Crippen molar-refractivity contribution in [3.05, 3.63) is 0 Å². The fourth-order valence-electron chi connectivity index (χ4n) is 2.07. The van der Waals surface area contributed by atoms with E-state index >= 15 is 0 Å². The first kappa shape index (κ1) is 16.0. The summed E-state index contributed by atoms with van der Waals surface area (Å²) in [6.07, 6.45) is 12.6. The van der Waals surface area contributed by atoms with Crippen molar-refractivity contribution < 1.29 is 0 Å². The Bertz CT molecular complexity index is 123. The maximum Gasteiger partial charge on any atom is -0.00464 e. The Hall–Kier alpha value is -0.0400. The zero-order chi connectivity index (χ0) is 12.1. The van der Waals surface area contributed by atoms with Crippen LogP contribution in [0.15, 0.2) is 0 Å². The Morgan fingerprint density at radius 2 is 1.44 bits per heavy atom. The molecule has 0 rings (SSSR count). The fraction of sp³-hybridized carbons (Fsp3) is 1.00. The monoisotopic (exact) mass is 227 g/mol. The Morgan fingerprint density at radius 3 is 2.12 bits per heavy atom. The average molecular weight is 227 g/mol. The number of hydrogen-bond donors (Lipinski definition) is 1. The van der Waals surface area contributed by atoms with Crippen LogP contribution in [0.4, 0.5) is 0 Å². The van der Waals surface area contributed by atoms with Gasteiger partial charge in [0.1, 0.15) is 0 Å². The zero-order valence-corrected chi connectivity index (χ0v) is 11.9. The number of unbranched alkanes of at least 4 members (excludes halogenated alkanes) is 5. The van der Waals surface area contributed by atoms with Crippen LogP contribution in [-0.2, 0) is 0 Å². The van der Waals surface area contributed by atoms with E-state index in [0.717, 1.165) is 5.92 Å². The van der Waals surface area contributed by atoms with E-state index in [1.54, 1.807) is 0 Å². The first-order chi connectivity index (χ1) is 7.81. The third kappa shape index (κ3) is 12.0. The van der Waals surface area contributed by atoms with Gasteiger partial charge in [-0.3, -0.25) is 0 Å². The molecular weight excluding hydrogens is 194 g/mol. The fourth-order valence-corrected chi connectivity index (χ4v) is 2.07. The van der Waals surface area contributed by atoms with E-state index in [1.807, 2.05) is 0 Å². The quantitative estimate of drug-likeness (QED) is 0.474. The maximum atomic E-state index is 3.48. The van der Waals surface area contributed by atoms with Gasteiger partial charge in [-0.25, -0.2) is 0 Å². The van der Waals surface area contributed by atoms with Gasteiger partial charge in [0.15, 0.2) is 0 Å². The Kier molecular flexibility index (Phi) is 13.0. The molecule has 0 heterocycles. The molecule has 0 amide bonds. The standard InChI is InChI=1S/C15H33N/c1-4-6-7-8-9-10-11-15(3)12-14-16-13-5-2/h15-16H,4-14H2,1-3H3/t15-/m1/s1. The summed E-state index contributed by atoms with van der Waals surface area (Å²) in [6, 6.07) is 0. The average Bonchev–Trinajstić information content (AvgIpc) is 2.29. The van der Waals surface area contributed by atoms with Crippen LogP contribution >= 0.6 is 0 Å². The van der Waals surface area contributed by atoms with Crippen molar-refractivity contribution in [2.45, 2.75) is 78.6 Å². The molecule has 1 atom stereocenters. The second-order valence-corrected chi connectivity index (χ2v) is 5.20. The predicted molar refractivity (Wildman–Crippen MR) is 74.9 cm³/mol. The van der Waals surface area contributed by atoms with Gasteiger partial charge in [-0.15, -0.1) is 0 Å². The van der Waals surface area contributed by atoms with E-state index < -0.39 is 0 Å². The van der Waals surface area contributed by atoms with Crippen LogP contribution in [0.5, 0.6) is 0 Å². The Labute approximate surface area is 103 Å². The summed E-state index contributed by atoms with van der Waals surface area (Å²) in [7, 11) is 0. The van der Waals surface area contributed by atoms with Gasteiger partial charge in [0.25, 0.3) is 0 Å². The smallest absolute Gasteiger partial charge is 0.00464 e. The summed E-state index contributed by atoms with van der Waals surface area (Å²) >= 11 is 0. The van der Waals surface area contributed by atoms with Crippen LogP contribution in [0.1, 0.15) is 78.6 Å². The van der Waals surface area contributed by atoms with Gasteiger partial charge in [0.05, 0.1) is 0 Å². The van der Waals surface area contributed by atoms with Gasteiger partial charge < -0.3 is 5.32 Å². The van der Waals surface area contributed by atoms with Crippen molar-refractivity contribution in [3.8, 4) is 0 Å². The van der Waals surface area contributed by atoms with E-state index in [0.29, 0.717) is 0 Å². The summed E-state index contributed by atoms with van der Waals surface area (Å²) in [5, 5.41) is 3.48. The lowest BCUT2D eigenvalue weighted by Gasteiger charge is -2.11. The lowest BCUT2D eigenvalue weighted by molar-refractivity contribution is 0.442. The molecule has 0 aromatic rings. The van der Waals surface area contributed by atoms with Gasteiger partial charge in [-0.2, -0.15) is 0 Å². The topological polar surface area (TPSA) is 12.0 Å². The maximum absolute atomic E-state index is 3.48. The SMILES string of the molecule is CCCCCCCC[C@@H](C)CCNCCC. The predicted octanol–water partition coefficient (Wildman–Crippen LogP) is 4.76. The van der Waals surface area contributed by atoms with Gasteiger partial charge in [0.2, 0.25) is 0 Å². The van der Waals surface area contributed by atoms with Crippen LogP contribution in [0.2, 0.25) is 0 Å². The summed E-state index contributed by atoms with van der Waals surface area (Å²) in [5.74, 6) is 0.913. The Morgan fingerprint density at radius 1 is 0.750 bits per heavy atom. The molecule has 0 aliphatic heterocycles. The third-order valence-corrected chi connectivity index (χ3v) is 3.29. The number of hydrogen-bond acceptors (Lipinski definition) is 1. The summed E-state index contributed by atoms with van der Waals surface area (Å²) < 4.78 is 0. The number of rotatable bonds is 12. The molecule has 16 heavy (non-hydrogen) atoms. The molecule has 0 aliphatic carbocycles. The first-order valence-electron chi connectivity index (χ1n) is 7.52. The minimum atomic E-state index is 0.913. The van der Waals surface area contributed by atoms with E-state index in [-0.39, 0.29) is 0 Å². The van der Waals surface area contributed by atoms with E-state index in [4.69, 9.17) is 0 Å². The minimum Gasteiger partial charge on any atom is -0.317 e. The molecule has 1 heteroatoms. The normalized spacial score (nSPS) is 12.9. The van der Waals surface area contributed by atoms with Gasteiger partial charge in [-0.1, -0.05) is 65.7 Å². The largest absolute Gasteiger partial charge is 0.317 e. The van der Waals surface area contributed by atoms with Crippen LogP contribution in [0.25, 0.3) is 0 Å². The summed E-state index contributed by atoms with van der Waals surface area (Å²) in [4.78, 5) is 0. The van der Waals surface area contributed by atoms with Crippen molar-refractivity contribution in [2.24, 2.45) is 5.92 Å². The number of nitrogens with one attached hydrogen (secondary N) is 1. The highest BCUT2D eigenvalue weighted by Crippen LogP contribution is 2.14. The molecule has 0 bridgehead atoms. The lowest BCUT2D eigenvalue weighted by Crippen LogP contribution is -2.18. The molecule has 0 fully saturated rings. The Balaban J connectivity index is 3.08. The second kappa shape index (κ2) is 13.0. The van der Waals surface area contributed by atoms with Crippen molar-refractivity contribution in [3.63, 3.8) is 0 Å². The minimum absolute atomic E-state index is 0.913. The highest BCUT2D eigenvalue weighted by molar-refractivity contribution is 4.56. The highest BCUT2D eigenvalue weighted by Gasteiger charge is 2.01. The molecule has 0 spiro atoms. The second-order valence-electron chi connectivity index (χ2n) is 5.20. The molecule has 1 N–H and O–H groups in total. The van der Waals surface area contributed by atoms with E-state index in [2.05, 4.69) is 26.1 Å². The van der Waals surface area contributed by atoms with Crippen LogP contribution < -0.4 is 5.32 Å². The van der Waals surface area contributed by atoms with Crippen LogP contribution in [-0.4, -0.2) is 13.1 Å². The summed E-state index contributed by atoms with van der Waals surface area (Å²) in [5.41, 5.74) is 0. The van der Waals surface area contributed by atoms with Crippen molar-refractivity contribution in [1.29, 1.82) is 0 Å². The molecule has 98 valence electrons. The van der Waals surface area contributed by atoms with Gasteiger partial charge >= 0.3 is 0 Å². The summed E-state index contributed by atoms with van der Waals surface area (Å²) in [6.45, 7) is 9.31. The lowest BCUT2D eigenvalue weighted by atomic mass is 9.99. The van der Waals surface area contributed by atoms with Gasteiger partial charge in [0, 0.05) is 0 Å². The highest BCUT2D eigenvalue weighted by atomic mass is 14.8. The molecular formula is C15H33N. The van der Waals surface area contributed by atoms with Crippen molar-refractivity contribution in [2.75, 3.05) is 13.1 Å². The zero-order valence-electron chi connectivity index (χ0n) is 11.9. The molecule has 0 saturated heterocycles. The molecule has 0 saturated carbocycles. The molecule has 0 unspecified atom stereocenters. The molecule has 0 radical (unpaired) electrons. The molecule has 0 aliphatic rings. The van der Waals surface area contributed by atoms with Crippen molar-refractivity contribution in [1.82, 2.24) is 5.32 Å². The molecule has 1 nitrogen and oxygen atoms in total. The first-order valence-corrected chi connectivity index (χ1v) is 7.52. The third-order valence-electron chi connectivity index (χ3n) is 3.29. The van der Waals surface area contributed by atoms with Crippen LogP contribution in [0.3, 0.4) is 0 Å². The van der Waals surface area contributed by atoms with E-state index in [9.17, 15) is 0 Å². The van der Waals surface area contributed by atoms with E-state index in [1.165, 1.54) is 70.9 Å². The van der Waals surface area contributed by atoms with Crippen LogP contribution in [0, 0.1) is 5.92 Å². The molecule has 0 aromatic carbocycles. The van der Waals surface area contributed by atoms with Crippen molar-refractivity contribution >= 4 is 0 Å².